The van der Waals surface area contributed by atoms with Gasteiger partial charge in [-0.2, -0.15) is 0 Å². The van der Waals surface area contributed by atoms with E-state index in [0.29, 0.717) is 0 Å². The van der Waals surface area contributed by atoms with Crippen molar-refractivity contribution in [3.63, 3.8) is 0 Å². The van der Waals surface area contributed by atoms with E-state index in [0.717, 1.165) is 0 Å². The second kappa shape index (κ2) is 8.25. The predicted octanol–water partition coefficient (Wildman–Crippen LogP) is 5.29. The monoisotopic (exact) mass is 562 g/mol. The summed E-state index contributed by atoms with van der Waals surface area (Å²) >= 11 is -13.1. The molecular weight excluding hydrogens is 538 g/mol. The third kappa shape index (κ3) is 3.96. The number of rotatable bonds is 7. The van der Waals surface area contributed by atoms with E-state index >= 15 is 13.9 Å². The van der Waals surface area contributed by atoms with Crippen molar-refractivity contribution in [3.8, 4) is 0 Å². The minimum absolute atomic E-state index is 0.106. The Bertz CT molecular complexity index is 998. The standard InChI is InChI=1S/C26H24As2F4/c29-27(30,23-13-5-1-6-14-23,24-15-7-2-8-16-24)21-22-28(31,32,25-17-9-3-10-18-25)26-19-11-4-12-20-26/h1-20H,21-22H2. The summed E-state index contributed by atoms with van der Waals surface area (Å²) in [5, 5.41) is -1.65. The van der Waals surface area contributed by atoms with Crippen molar-refractivity contribution in [1.82, 2.24) is 0 Å². The first-order valence-corrected chi connectivity index (χ1v) is 19.6. The van der Waals surface area contributed by atoms with Gasteiger partial charge in [-0.15, -0.1) is 0 Å². The van der Waals surface area contributed by atoms with E-state index in [1.54, 1.807) is 72.8 Å². The predicted molar refractivity (Wildman–Crippen MR) is 130 cm³/mol. The molecule has 0 aliphatic carbocycles. The van der Waals surface area contributed by atoms with Crippen molar-refractivity contribution in [1.29, 1.82) is 0 Å². The van der Waals surface area contributed by atoms with Crippen LogP contribution < -0.4 is 17.4 Å². The molecule has 0 N–H and O–H groups in total. The molecule has 0 fully saturated rings. The van der Waals surface area contributed by atoms with E-state index in [1.807, 2.05) is 0 Å². The van der Waals surface area contributed by atoms with Gasteiger partial charge in [-0.3, -0.25) is 0 Å². The van der Waals surface area contributed by atoms with Crippen LogP contribution in [0.1, 0.15) is 0 Å². The molecule has 0 heterocycles. The minimum atomic E-state index is -6.56. The number of hydrogen-bond donors (Lipinski definition) is 0. The topological polar surface area (TPSA) is 0 Å². The fraction of sp³-hybridized carbons (Fsp3) is 0.0769. The second-order valence-corrected chi connectivity index (χ2v) is 23.1. The number of hydrogen-bond acceptors (Lipinski definition) is 0. The summed E-state index contributed by atoms with van der Waals surface area (Å²) in [5.41, 5.74) is 0. The zero-order valence-electron chi connectivity index (χ0n) is 17.4. The van der Waals surface area contributed by atoms with Gasteiger partial charge in [-0.1, -0.05) is 0 Å². The van der Waals surface area contributed by atoms with Gasteiger partial charge in [0.05, 0.1) is 0 Å². The Kier molecular flexibility index (Phi) is 5.90. The molecule has 0 atom stereocenters. The van der Waals surface area contributed by atoms with Gasteiger partial charge in [0.2, 0.25) is 0 Å². The molecular formula is C26H24As2F4. The first kappa shape index (κ1) is 22.9. The molecule has 0 saturated heterocycles. The quantitative estimate of drug-likeness (QED) is 0.212. The van der Waals surface area contributed by atoms with Gasteiger partial charge in [0.25, 0.3) is 0 Å². The summed E-state index contributed by atoms with van der Waals surface area (Å²) in [6.07, 6.45) is 0. The van der Waals surface area contributed by atoms with E-state index in [9.17, 15) is 0 Å². The fourth-order valence-electron chi connectivity index (χ4n) is 4.05. The summed E-state index contributed by atoms with van der Waals surface area (Å²) in [5.74, 6) is 0. The molecule has 0 saturated carbocycles. The van der Waals surface area contributed by atoms with Crippen LogP contribution in [-0.2, 0) is 0 Å². The summed E-state index contributed by atoms with van der Waals surface area (Å²) in [6, 6.07) is 30.2. The molecule has 32 heavy (non-hydrogen) atoms. The SMILES string of the molecule is F[As](F)(CC[As](F)(F)(c1ccccc1)c1ccccc1)(c1ccccc1)c1ccccc1. The molecule has 4 aromatic carbocycles. The van der Waals surface area contributed by atoms with Crippen LogP contribution in [0, 0.1) is 0 Å². The average molecular weight is 562 g/mol. The van der Waals surface area contributed by atoms with Crippen LogP contribution in [0.25, 0.3) is 0 Å². The van der Waals surface area contributed by atoms with Gasteiger partial charge >= 0.3 is 190 Å². The molecule has 0 spiro atoms. The first-order valence-electron chi connectivity index (χ1n) is 10.3. The van der Waals surface area contributed by atoms with Crippen LogP contribution in [0.3, 0.4) is 0 Å². The molecule has 4 aromatic rings. The third-order valence-corrected chi connectivity index (χ3v) is 22.8. The fourth-order valence-corrected chi connectivity index (χ4v) is 23.0. The van der Waals surface area contributed by atoms with E-state index in [2.05, 4.69) is 0 Å². The van der Waals surface area contributed by atoms with E-state index in [1.165, 1.54) is 48.5 Å². The molecule has 0 amide bonds. The van der Waals surface area contributed by atoms with Crippen molar-refractivity contribution >= 4 is 44.2 Å². The van der Waals surface area contributed by atoms with E-state index < -0.39 is 37.2 Å². The van der Waals surface area contributed by atoms with Crippen molar-refractivity contribution in [3.05, 3.63) is 121 Å². The molecule has 6 heteroatoms. The summed E-state index contributed by atoms with van der Waals surface area (Å²) < 4.78 is 67.1. The van der Waals surface area contributed by atoms with E-state index in [4.69, 9.17) is 0 Å². The van der Waals surface area contributed by atoms with E-state index in [-0.39, 0.29) is 17.4 Å². The van der Waals surface area contributed by atoms with Crippen molar-refractivity contribution < 1.29 is 13.9 Å². The molecule has 0 unspecified atom stereocenters. The maximum absolute atomic E-state index is 16.9. The summed E-state index contributed by atoms with van der Waals surface area (Å²) in [7, 11) is 0. The van der Waals surface area contributed by atoms with Gasteiger partial charge in [0.15, 0.2) is 0 Å². The van der Waals surface area contributed by atoms with Crippen LogP contribution in [-0.4, -0.2) is 26.8 Å². The Balaban J connectivity index is 1.88. The summed E-state index contributed by atoms with van der Waals surface area (Å²) in [4.78, 5) is 0. The molecule has 0 nitrogen and oxygen atoms in total. The maximum atomic E-state index is 16.9. The zero-order valence-corrected chi connectivity index (χ0v) is 21.1. The third-order valence-electron chi connectivity index (χ3n) is 5.94. The molecule has 0 radical (unpaired) electrons. The molecule has 0 bridgehead atoms. The molecule has 0 aromatic heterocycles. The molecule has 0 aliphatic rings. The van der Waals surface area contributed by atoms with Crippen LogP contribution in [0.4, 0.5) is 13.9 Å². The van der Waals surface area contributed by atoms with Crippen molar-refractivity contribution in [2.75, 3.05) is 0 Å². The Hall–Kier alpha value is -2.28. The van der Waals surface area contributed by atoms with Crippen LogP contribution >= 0.6 is 0 Å². The second-order valence-electron chi connectivity index (χ2n) is 7.93. The van der Waals surface area contributed by atoms with Crippen LogP contribution in [0.5, 0.6) is 0 Å². The van der Waals surface area contributed by atoms with Crippen LogP contribution in [0.2, 0.25) is 10.4 Å². The van der Waals surface area contributed by atoms with Gasteiger partial charge in [-0.05, 0) is 0 Å². The normalized spacial score (nSPS) is 14.6. The average Bonchev–Trinajstić information content (AvgIpc) is 2.86. The Morgan fingerprint density at radius 3 is 0.719 bits per heavy atom. The van der Waals surface area contributed by atoms with Gasteiger partial charge in [-0.25, -0.2) is 0 Å². The van der Waals surface area contributed by atoms with Crippen LogP contribution in [0.15, 0.2) is 121 Å². The van der Waals surface area contributed by atoms with Gasteiger partial charge in [0, 0.05) is 0 Å². The Morgan fingerprint density at radius 1 is 0.344 bits per heavy atom. The van der Waals surface area contributed by atoms with Gasteiger partial charge in [0.1, 0.15) is 0 Å². The first-order chi connectivity index (χ1) is 15.2. The molecule has 4 rings (SSSR count). The molecule has 0 aliphatic heterocycles. The zero-order chi connectivity index (χ0) is 22.8. The molecule has 166 valence electrons. The Labute approximate surface area is 189 Å². The van der Waals surface area contributed by atoms with Crippen molar-refractivity contribution in [2.45, 2.75) is 10.4 Å². The van der Waals surface area contributed by atoms with Gasteiger partial charge < -0.3 is 0 Å². The van der Waals surface area contributed by atoms with Crippen molar-refractivity contribution in [2.24, 2.45) is 0 Å². The number of benzene rings is 4. The summed E-state index contributed by atoms with van der Waals surface area (Å²) in [6.45, 7) is 0. The number of halogens is 4. The Morgan fingerprint density at radius 2 is 0.531 bits per heavy atom.